The molecule has 9 heteroatoms. The average Bonchev–Trinajstić information content (AvgIpc) is 3.30. The van der Waals surface area contributed by atoms with E-state index < -0.39 is 24.0 Å². The van der Waals surface area contributed by atoms with Gasteiger partial charge in [0.05, 0.1) is 13.0 Å². The lowest BCUT2D eigenvalue weighted by Crippen LogP contribution is -2.40. The van der Waals surface area contributed by atoms with Crippen LogP contribution >= 0.6 is 11.8 Å². The van der Waals surface area contributed by atoms with Gasteiger partial charge >= 0.3 is 11.9 Å². The molecule has 1 saturated heterocycles. The molecular formula is C23H28N2O6S. The summed E-state index contributed by atoms with van der Waals surface area (Å²) >= 11 is 1.47. The number of nitrogens with zero attached hydrogens (tertiary/aromatic N) is 1. The summed E-state index contributed by atoms with van der Waals surface area (Å²) in [6.07, 6.45) is 0.450. The summed E-state index contributed by atoms with van der Waals surface area (Å²) in [6, 6.07) is 16.3. The topological polar surface area (TPSA) is 119 Å². The van der Waals surface area contributed by atoms with E-state index in [1.54, 1.807) is 0 Å². The highest BCUT2D eigenvalue weighted by Gasteiger charge is 2.32. The minimum absolute atomic E-state index is 0.164. The zero-order chi connectivity index (χ0) is 23.5. The maximum absolute atomic E-state index is 11.3. The lowest BCUT2D eigenvalue weighted by atomic mass is 10.1. The Balaban J connectivity index is 0.000000278. The Labute approximate surface area is 191 Å². The van der Waals surface area contributed by atoms with Crippen molar-refractivity contribution in [1.82, 2.24) is 4.90 Å². The van der Waals surface area contributed by atoms with E-state index in [2.05, 4.69) is 4.74 Å². The Morgan fingerprint density at radius 1 is 1.12 bits per heavy atom. The molecule has 0 bridgehead atoms. The molecule has 2 aromatic rings. The molecule has 32 heavy (non-hydrogen) atoms. The molecule has 3 rings (SSSR count). The van der Waals surface area contributed by atoms with E-state index in [1.165, 1.54) is 30.7 Å². The Kier molecular flexibility index (Phi) is 10.0. The van der Waals surface area contributed by atoms with Crippen molar-refractivity contribution in [2.45, 2.75) is 32.0 Å². The Morgan fingerprint density at radius 2 is 1.78 bits per heavy atom. The van der Waals surface area contributed by atoms with E-state index in [1.807, 2.05) is 54.6 Å². The van der Waals surface area contributed by atoms with Crippen LogP contribution in [-0.2, 0) is 32.1 Å². The minimum Gasteiger partial charge on any atom is -0.489 e. The number of thioether (sulfide) groups is 1. The first-order valence-electron chi connectivity index (χ1n) is 9.98. The van der Waals surface area contributed by atoms with Crippen LogP contribution in [-0.4, -0.2) is 58.7 Å². The van der Waals surface area contributed by atoms with Crippen molar-refractivity contribution in [1.29, 1.82) is 0 Å². The van der Waals surface area contributed by atoms with Crippen LogP contribution in [0.1, 0.15) is 18.1 Å². The maximum Gasteiger partial charge on any atom is 0.327 e. The second-order valence-electron chi connectivity index (χ2n) is 7.09. The van der Waals surface area contributed by atoms with Crippen molar-refractivity contribution in [3.63, 3.8) is 0 Å². The van der Waals surface area contributed by atoms with Gasteiger partial charge in [0.2, 0.25) is 5.91 Å². The number of nitrogens with two attached hydrogens (primary N) is 1. The molecule has 0 aliphatic carbocycles. The van der Waals surface area contributed by atoms with Crippen molar-refractivity contribution in [2.24, 2.45) is 5.73 Å². The summed E-state index contributed by atoms with van der Waals surface area (Å²) in [6.45, 7) is 1.92. The molecule has 2 aromatic carbocycles. The molecule has 0 radical (unpaired) electrons. The predicted octanol–water partition coefficient (Wildman–Crippen LogP) is 2.30. The molecule has 1 amide bonds. The Bertz CT molecular complexity index is 871. The van der Waals surface area contributed by atoms with Gasteiger partial charge in [-0.25, -0.2) is 4.79 Å². The number of hydrogen-bond donors (Lipinski definition) is 2. The molecule has 1 heterocycles. The number of carbonyl (C=O) groups is 3. The molecule has 8 nitrogen and oxygen atoms in total. The lowest BCUT2D eigenvalue weighted by Gasteiger charge is -2.17. The quantitative estimate of drug-likeness (QED) is 0.604. The zero-order valence-corrected chi connectivity index (χ0v) is 18.9. The first-order valence-corrected chi connectivity index (χ1v) is 11.1. The number of aliphatic carboxylic acids is 1. The SMILES string of the molecule is CC(=O)N1CSC[C@@H]1C(=O)O.COC(=O)[C@@H](N)Cc1ccc(OCc2ccccc2)cc1. The van der Waals surface area contributed by atoms with Gasteiger partial charge in [-0.3, -0.25) is 9.59 Å². The summed E-state index contributed by atoms with van der Waals surface area (Å²) < 4.78 is 10.3. The molecular weight excluding hydrogens is 432 g/mol. The van der Waals surface area contributed by atoms with Gasteiger partial charge in [-0.1, -0.05) is 42.5 Å². The van der Waals surface area contributed by atoms with Crippen LogP contribution in [0.15, 0.2) is 54.6 Å². The fourth-order valence-corrected chi connectivity index (χ4v) is 4.12. The summed E-state index contributed by atoms with van der Waals surface area (Å²) in [4.78, 5) is 34.0. The Morgan fingerprint density at radius 3 is 2.31 bits per heavy atom. The first-order chi connectivity index (χ1) is 15.3. The van der Waals surface area contributed by atoms with Crippen molar-refractivity contribution < 1.29 is 29.0 Å². The van der Waals surface area contributed by atoms with Crippen LogP contribution in [0, 0.1) is 0 Å². The molecule has 2 atom stereocenters. The Hall–Kier alpha value is -3.04. The molecule has 0 unspecified atom stereocenters. The summed E-state index contributed by atoms with van der Waals surface area (Å²) in [5.74, 6) is 0.322. The molecule has 172 valence electrons. The van der Waals surface area contributed by atoms with Crippen LogP contribution in [0.25, 0.3) is 0 Å². The highest BCUT2D eigenvalue weighted by atomic mass is 32.2. The number of amides is 1. The van der Waals surface area contributed by atoms with E-state index in [-0.39, 0.29) is 5.91 Å². The van der Waals surface area contributed by atoms with Crippen molar-refractivity contribution >= 4 is 29.6 Å². The van der Waals surface area contributed by atoms with Crippen LogP contribution in [0.2, 0.25) is 0 Å². The number of ether oxygens (including phenoxy) is 2. The van der Waals surface area contributed by atoms with Crippen LogP contribution in [0.4, 0.5) is 0 Å². The highest BCUT2D eigenvalue weighted by Crippen LogP contribution is 2.20. The second kappa shape index (κ2) is 12.7. The smallest absolute Gasteiger partial charge is 0.327 e. The second-order valence-corrected chi connectivity index (χ2v) is 8.09. The van der Waals surface area contributed by atoms with Gasteiger partial charge < -0.3 is 25.2 Å². The number of benzene rings is 2. The van der Waals surface area contributed by atoms with Crippen LogP contribution < -0.4 is 10.5 Å². The number of rotatable bonds is 7. The third-order valence-corrected chi connectivity index (χ3v) is 5.72. The molecule has 1 aliphatic heterocycles. The van der Waals surface area contributed by atoms with Crippen molar-refractivity contribution in [2.75, 3.05) is 18.7 Å². The van der Waals surface area contributed by atoms with Gasteiger partial charge in [-0.15, -0.1) is 11.8 Å². The lowest BCUT2D eigenvalue weighted by molar-refractivity contribution is -0.147. The molecule has 0 spiro atoms. The third-order valence-electron chi connectivity index (χ3n) is 4.70. The van der Waals surface area contributed by atoms with E-state index >= 15 is 0 Å². The summed E-state index contributed by atoms with van der Waals surface area (Å²) in [7, 11) is 1.34. The number of methoxy groups -OCH3 is 1. The average molecular weight is 461 g/mol. The van der Waals surface area contributed by atoms with Crippen molar-refractivity contribution in [3.8, 4) is 5.75 Å². The zero-order valence-electron chi connectivity index (χ0n) is 18.1. The molecule has 1 aliphatic rings. The summed E-state index contributed by atoms with van der Waals surface area (Å²) in [5, 5.41) is 8.63. The highest BCUT2D eigenvalue weighted by molar-refractivity contribution is 7.99. The molecule has 1 fully saturated rings. The largest absolute Gasteiger partial charge is 0.489 e. The van der Waals surface area contributed by atoms with E-state index in [0.717, 1.165) is 16.9 Å². The van der Waals surface area contributed by atoms with Gasteiger partial charge in [-0.05, 0) is 29.7 Å². The summed E-state index contributed by atoms with van der Waals surface area (Å²) in [5.41, 5.74) is 7.82. The molecule has 0 saturated carbocycles. The van der Waals surface area contributed by atoms with E-state index in [9.17, 15) is 14.4 Å². The van der Waals surface area contributed by atoms with Gasteiger partial charge in [-0.2, -0.15) is 0 Å². The third kappa shape index (κ3) is 7.90. The number of carbonyl (C=O) groups excluding carboxylic acids is 2. The first kappa shape index (κ1) is 25.2. The standard InChI is InChI=1S/C17H19NO3.C6H9NO3S/c1-20-17(19)16(18)11-13-7-9-15(10-8-13)21-12-14-5-3-2-4-6-14;1-4(8)7-3-11-2-5(7)6(9)10/h2-10,16H,11-12,18H2,1H3;5H,2-3H2,1H3,(H,9,10)/t16-;5-/m01/s1. The fourth-order valence-electron chi connectivity index (χ4n) is 2.91. The number of esters is 1. The fraction of sp³-hybridized carbons (Fsp3) is 0.348. The normalized spacial score (nSPS) is 15.8. The predicted molar refractivity (Wildman–Crippen MR) is 122 cm³/mol. The van der Waals surface area contributed by atoms with Gasteiger partial charge in [0, 0.05) is 12.7 Å². The number of carboxylic acids is 1. The minimum atomic E-state index is -0.912. The molecule has 0 aromatic heterocycles. The maximum atomic E-state index is 11.3. The van der Waals surface area contributed by atoms with E-state index in [4.69, 9.17) is 15.6 Å². The van der Waals surface area contributed by atoms with Crippen molar-refractivity contribution in [3.05, 3.63) is 65.7 Å². The van der Waals surface area contributed by atoms with Gasteiger partial charge in [0.15, 0.2) is 0 Å². The van der Waals surface area contributed by atoms with Gasteiger partial charge in [0.25, 0.3) is 0 Å². The van der Waals surface area contributed by atoms with Crippen LogP contribution in [0.3, 0.4) is 0 Å². The van der Waals surface area contributed by atoms with Crippen LogP contribution in [0.5, 0.6) is 5.75 Å². The number of hydrogen-bond acceptors (Lipinski definition) is 7. The number of carboxylic acid groups (broad SMARTS) is 1. The van der Waals surface area contributed by atoms with E-state index in [0.29, 0.717) is 24.7 Å². The van der Waals surface area contributed by atoms with Gasteiger partial charge in [0.1, 0.15) is 24.4 Å². The monoisotopic (exact) mass is 460 g/mol. The molecule has 3 N–H and O–H groups in total.